The summed E-state index contributed by atoms with van der Waals surface area (Å²) < 4.78 is 4.70. The van der Waals surface area contributed by atoms with Crippen LogP contribution < -0.4 is 0 Å². The van der Waals surface area contributed by atoms with E-state index in [0.717, 1.165) is 0 Å². The minimum atomic E-state index is -0.752. The molecule has 0 saturated carbocycles. The molecule has 3 nitrogen and oxygen atoms in total. The Morgan fingerprint density at radius 3 is 2.64 bits per heavy atom. The van der Waals surface area contributed by atoms with Crippen LogP contribution in [0.2, 0.25) is 0 Å². The van der Waals surface area contributed by atoms with Crippen molar-refractivity contribution in [2.24, 2.45) is 5.92 Å². The molecule has 0 aliphatic carbocycles. The smallest absolute Gasteiger partial charge is 0.308 e. The Morgan fingerprint density at radius 1 is 1.73 bits per heavy atom. The molecule has 1 N–H and O–H groups in total. The van der Waals surface area contributed by atoms with Gasteiger partial charge >= 0.3 is 5.97 Å². The summed E-state index contributed by atoms with van der Waals surface area (Å²) in [6, 6.07) is 0. The third kappa shape index (κ3) is 4.56. The van der Waals surface area contributed by atoms with Crippen molar-refractivity contribution in [2.45, 2.75) is 20.0 Å². The van der Waals surface area contributed by atoms with Crippen LogP contribution in [-0.4, -0.2) is 23.8 Å². The highest BCUT2D eigenvalue weighted by Crippen LogP contribution is 1.96. The van der Waals surface area contributed by atoms with E-state index in [1.54, 1.807) is 13.8 Å². The second-order valence-electron chi connectivity index (χ2n) is 2.59. The van der Waals surface area contributed by atoms with Crippen LogP contribution in [0, 0.1) is 5.92 Å². The molecule has 0 spiro atoms. The van der Waals surface area contributed by atoms with Crippen LogP contribution >= 0.6 is 0 Å². The van der Waals surface area contributed by atoms with Gasteiger partial charge < -0.3 is 9.84 Å². The van der Waals surface area contributed by atoms with Crippen molar-refractivity contribution in [2.75, 3.05) is 6.61 Å². The largest absolute Gasteiger partial charge is 0.462 e. The van der Waals surface area contributed by atoms with Crippen LogP contribution in [0.5, 0.6) is 0 Å². The summed E-state index contributed by atoms with van der Waals surface area (Å²) in [4.78, 5) is 10.8. The number of ether oxygens (including phenoxy) is 1. The normalized spacial score (nSPS) is 12.7. The van der Waals surface area contributed by atoms with Crippen molar-refractivity contribution in [3.05, 3.63) is 12.7 Å². The van der Waals surface area contributed by atoms with Crippen molar-refractivity contribution in [1.29, 1.82) is 0 Å². The Bertz CT molecular complexity index is 140. The molecule has 0 aliphatic rings. The molecule has 64 valence electrons. The van der Waals surface area contributed by atoms with E-state index in [1.807, 2.05) is 0 Å². The molecule has 0 aliphatic heterocycles. The van der Waals surface area contributed by atoms with Crippen molar-refractivity contribution in [1.82, 2.24) is 0 Å². The number of hydrogen-bond acceptors (Lipinski definition) is 3. The average molecular weight is 158 g/mol. The predicted molar refractivity (Wildman–Crippen MR) is 42.0 cm³/mol. The third-order valence-electron chi connectivity index (χ3n) is 1.14. The highest BCUT2D eigenvalue weighted by atomic mass is 16.5. The minimum absolute atomic E-state index is 0.000509. The van der Waals surface area contributed by atoms with Gasteiger partial charge in [-0.15, -0.1) is 6.58 Å². The minimum Gasteiger partial charge on any atom is -0.462 e. The van der Waals surface area contributed by atoms with E-state index < -0.39 is 6.10 Å². The highest BCUT2D eigenvalue weighted by molar-refractivity contribution is 5.71. The summed E-state index contributed by atoms with van der Waals surface area (Å²) in [7, 11) is 0. The number of carbonyl (C=O) groups excluding carboxylic acids is 1. The lowest BCUT2D eigenvalue weighted by Gasteiger charge is -2.08. The Kier molecular flexibility index (Phi) is 4.54. The molecule has 0 unspecified atom stereocenters. The summed E-state index contributed by atoms with van der Waals surface area (Å²) in [5, 5.41) is 8.89. The summed E-state index contributed by atoms with van der Waals surface area (Å²) in [6.07, 6.45) is 0.575. The monoisotopic (exact) mass is 158 g/mol. The molecule has 0 aromatic heterocycles. The number of rotatable bonds is 4. The molecule has 0 aromatic rings. The standard InChI is InChI=1S/C8H14O3/c1-4-7(9)5-11-8(10)6(2)3/h4,6-7,9H,1,5H2,2-3H3/t7-/m0/s1. The fourth-order valence-electron chi connectivity index (χ4n) is 0.402. The van der Waals surface area contributed by atoms with E-state index in [2.05, 4.69) is 6.58 Å². The first-order chi connectivity index (χ1) is 5.07. The predicted octanol–water partition coefficient (Wildman–Crippen LogP) is 0.732. The Balaban J connectivity index is 3.54. The first-order valence-corrected chi connectivity index (χ1v) is 3.55. The van der Waals surface area contributed by atoms with Crippen LogP contribution in [-0.2, 0) is 9.53 Å². The van der Waals surface area contributed by atoms with Gasteiger partial charge in [-0.1, -0.05) is 19.9 Å². The van der Waals surface area contributed by atoms with Gasteiger partial charge in [-0.2, -0.15) is 0 Å². The van der Waals surface area contributed by atoms with Crippen molar-refractivity contribution in [3.8, 4) is 0 Å². The van der Waals surface area contributed by atoms with Gasteiger partial charge in [0.2, 0.25) is 0 Å². The molecule has 0 saturated heterocycles. The van der Waals surface area contributed by atoms with Gasteiger partial charge in [0.25, 0.3) is 0 Å². The Labute approximate surface area is 66.7 Å². The second-order valence-corrected chi connectivity index (χ2v) is 2.59. The van der Waals surface area contributed by atoms with Crippen LogP contribution in [0.4, 0.5) is 0 Å². The van der Waals surface area contributed by atoms with E-state index in [0.29, 0.717) is 0 Å². The molecule has 11 heavy (non-hydrogen) atoms. The summed E-state index contributed by atoms with van der Waals surface area (Å²) in [6.45, 7) is 6.82. The molecule has 0 heterocycles. The van der Waals surface area contributed by atoms with E-state index in [4.69, 9.17) is 9.84 Å². The Morgan fingerprint density at radius 2 is 2.27 bits per heavy atom. The van der Waals surface area contributed by atoms with Gasteiger partial charge in [0.05, 0.1) is 5.92 Å². The molecule has 3 heteroatoms. The van der Waals surface area contributed by atoms with Gasteiger partial charge in [-0.25, -0.2) is 0 Å². The van der Waals surface area contributed by atoms with E-state index in [9.17, 15) is 4.79 Å². The molecule has 0 fully saturated rings. The fraction of sp³-hybridized carbons (Fsp3) is 0.625. The topological polar surface area (TPSA) is 46.5 Å². The second kappa shape index (κ2) is 4.91. The Hall–Kier alpha value is -0.830. The van der Waals surface area contributed by atoms with Gasteiger partial charge in [0.1, 0.15) is 12.7 Å². The van der Waals surface area contributed by atoms with Crippen molar-refractivity contribution in [3.63, 3.8) is 0 Å². The quantitative estimate of drug-likeness (QED) is 0.484. The van der Waals surface area contributed by atoms with Gasteiger partial charge in [0, 0.05) is 0 Å². The number of esters is 1. The van der Waals surface area contributed by atoms with Crippen molar-refractivity contribution >= 4 is 5.97 Å². The maximum absolute atomic E-state index is 10.8. The van der Waals surface area contributed by atoms with Gasteiger partial charge in [0.15, 0.2) is 0 Å². The molecule has 0 aromatic carbocycles. The fourth-order valence-corrected chi connectivity index (χ4v) is 0.402. The average Bonchev–Trinajstić information content (AvgIpc) is 1.99. The lowest BCUT2D eigenvalue weighted by atomic mass is 10.2. The van der Waals surface area contributed by atoms with Gasteiger partial charge in [-0.3, -0.25) is 4.79 Å². The lowest BCUT2D eigenvalue weighted by molar-refractivity contribution is -0.149. The van der Waals surface area contributed by atoms with Gasteiger partial charge in [-0.05, 0) is 0 Å². The summed E-state index contributed by atoms with van der Waals surface area (Å²) in [5.41, 5.74) is 0. The summed E-state index contributed by atoms with van der Waals surface area (Å²) in [5.74, 6) is -0.446. The molecule has 1 atom stereocenters. The van der Waals surface area contributed by atoms with Crippen molar-refractivity contribution < 1.29 is 14.6 Å². The molecular weight excluding hydrogens is 144 g/mol. The zero-order chi connectivity index (χ0) is 8.85. The number of hydrogen-bond donors (Lipinski definition) is 1. The van der Waals surface area contributed by atoms with Crippen LogP contribution in [0.1, 0.15) is 13.8 Å². The van der Waals surface area contributed by atoms with Crippen LogP contribution in [0.25, 0.3) is 0 Å². The molecule has 0 amide bonds. The van der Waals surface area contributed by atoms with E-state index in [-0.39, 0.29) is 18.5 Å². The first-order valence-electron chi connectivity index (χ1n) is 3.55. The third-order valence-corrected chi connectivity index (χ3v) is 1.14. The van der Waals surface area contributed by atoms with E-state index in [1.165, 1.54) is 6.08 Å². The molecule has 0 rings (SSSR count). The zero-order valence-electron chi connectivity index (χ0n) is 6.91. The SMILES string of the molecule is C=C[C@H](O)COC(=O)C(C)C. The van der Waals surface area contributed by atoms with Crippen LogP contribution in [0.15, 0.2) is 12.7 Å². The highest BCUT2D eigenvalue weighted by Gasteiger charge is 2.09. The molecular formula is C8H14O3. The molecule has 0 bridgehead atoms. The maximum Gasteiger partial charge on any atom is 0.308 e. The maximum atomic E-state index is 10.8. The van der Waals surface area contributed by atoms with E-state index >= 15 is 0 Å². The first kappa shape index (κ1) is 10.2. The lowest BCUT2D eigenvalue weighted by Crippen LogP contribution is -2.19. The molecule has 0 radical (unpaired) electrons. The number of aliphatic hydroxyl groups is 1. The van der Waals surface area contributed by atoms with Crippen LogP contribution in [0.3, 0.4) is 0 Å². The zero-order valence-corrected chi connectivity index (χ0v) is 6.91. The number of carbonyl (C=O) groups is 1. The number of aliphatic hydroxyl groups excluding tert-OH is 1. The summed E-state index contributed by atoms with van der Waals surface area (Å²) >= 11 is 0.